The van der Waals surface area contributed by atoms with Crippen molar-refractivity contribution in [3.63, 3.8) is 0 Å². The third-order valence-electron chi connectivity index (χ3n) is 5.54. The molecule has 1 N–H and O–H groups in total. The summed E-state index contributed by atoms with van der Waals surface area (Å²) in [5.74, 6) is -0.439. The van der Waals surface area contributed by atoms with Gasteiger partial charge in [-0.3, -0.25) is 14.5 Å². The second-order valence-corrected chi connectivity index (χ2v) is 8.72. The Morgan fingerprint density at radius 1 is 1.06 bits per heavy atom. The first-order valence-corrected chi connectivity index (χ1v) is 11.3. The summed E-state index contributed by atoms with van der Waals surface area (Å²) < 4.78 is 10.7. The van der Waals surface area contributed by atoms with Gasteiger partial charge in [-0.05, 0) is 62.7 Å². The van der Waals surface area contributed by atoms with Gasteiger partial charge in [0.15, 0.2) is 5.13 Å². The van der Waals surface area contributed by atoms with Gasteiger partial charge in [-0.1, -0.05) is 12.1 Å². The lowest BCUT2D eigenvalue weighted by Gasteiger charge is -2.23. The highest BCUT2D eigenvalue weighted by molar-refractivity contribution is 7.16. The molecule has 1 aliphatic rings. The number of ketones is 1. The molecule has 0 saturated carbocycles. The lowest BCUT2D eigenvalue weighted by molar-refractivity contribution is -0.132. The topological polar surface area (TPSA) is 89.0 Å². The highest BCUT2D eigenvalue weighted by atomic mass is 32.1. The van der Waals surface area contributed by atoms with Crippen LogP contribution in [0.25, 0.3) is 5.76 Å². The van der Waals surface area contributed by atoms with Crippen LogP contribution < -0.4 is 14.4 Å². The number of methoxy groups -OCH3 is 1. The zero-order valence-corrected chi connectivity index (χ0v) is 19.6. The van der Waals surface area contributed by atoms with Gasteiger partial charge in [-0.15, -0.1) is 11.3 Å². The Labute approximate surface area is 195 Å². The lowest BCUT2D eigenvalue weighted by Crippen LogP contribution is -2.29. The molecule has 0 radical (unpaired) electrons. The van der Waals surface area contributed by atoms with Crippen LogP contribution in [0.1, 0.15) is 34.7 Å². The van der Waals surface area contributed by atoms with Crippen LogP contribution in [0.4, 0.5) is 5.13 Å². The molecule has 1 fully saturated rings. The number of aliphatic hydroxyl groups is 1. The van der Waals surface area contributed by atoms with Gasteiger partial charge < -0.3 is 14.6 Å². The van der Waals surface area contributed by atoms with E-state index in [1.54, 1.807) is 55.6 Å². The Morgan fingerprint density at radius 2 is 1.70 bits per heavy atom. The zero-order chi connectivity index (χ0) is 23.7. The number of hydrogen-bond donors (Lipinski definition) is 1. The first kappa shape index (κ1) is 22.5. The van der Waals surface area contributed by atoms with Crippen LogP contribution in [0.2, 0.25) is 0 Å². The highest BCUT2D eigenvalue weighted by Gasteiger charge is 2.48. The molecule has 3 aromatic rings. The number of anilines is 1. The molecule has 0 bridgehead atoms. The Bertz CT molecular complexity index is 1210. The maximum atomic E-state index is 13.2. The average molecular weight is 465 g/mol. The number of nitrogens with zero attached hydrogens (tertiary/aromatic N) is 2. The molecule has 1 saturated heterocycles. The third-order valence-corrected chi connectivity index (χ3v) is 6.61. The Balaban J connectivity index is 1.89. The van der Waals surface area contributed by atoms with Gasteiger partial charge in [0.25, 0.3) is 5.78 Å². The van der Waals surface area contributed by atoms with Gasteiger partial charge in [-0.2, -0.15) is 0 Å². The molecule has 1 aromatic heterocycles. The fourth-order valence-electron chi connectivity index (χ4n) is 3.72. The number of aromatic nitrogens is 1. The summed E-state index contributed by atoms with van der Waals surface area (Å²) in [6.07, 6.45) is 0. The lowest BCUT2D eigenvalue weighted by atomic mass is 9.95. The van der Waals surface area contributed by atoms with Crippen LogP contribution in [0.3, 0.4) is 0 Å². The number of hydrogen-bond acceptors (Lipinski definition) is 7. The summed E-state index contributed by atoms with van der Waals surface area (Å²) in [5.41, 5.74) is 1.88. The van der Waals surface area contributed by atoms with Crippen molar-refractivity contribution in [2.75, 3.05) is 18.6 Å². The highest BCUT2D eigenvalue weighted by Crippen LogP contribution is 2.44. The van der Waals surface area contributed by atoms with E-state index in [0.717, 1.165) is 10.6 Å². The average Bonchev–Trinajstić information content (AvgIpc) is 3.29. The smallest absolute Gasteiger partial charge is 0.301 e. The van der Waals surface area contributed by atoms with Crippen molar-refractivity contribution in [2.24, 2.45) is 0 Å². The maximum absolute atomic E-state index is 13.2. The maximum Gasteiger partial charge on any atom is 0.301 e. The molecule has 8 heteroatoms. The number of Topliss-reactive ketones (excluding diaryl/α,β-unsaturated/α-hetero) is 1. The molecular formula is C25H24N2O5S. The third kappa shape index (κ3) is 4.09. The van der Waals surface area contributed by atoms with Crippen LogP contribution in [0.15, 0.2) is 54.1 Å². The normalized spacial score (nSPS) is 17.5. The predicted molar refractivity (Wildman–Crippen MR) is 127 cm³/mol. The van der Waals surface area contributed by atoms with E-state index in [4.69, 9.17) is 9.47 Å². The number of aliphatic hydroxyl groups excluding tert-OH is 1. The minimum atomic E-state index is -0.826. The summed E-state index contributed by atoms with van der Waals surface area (Å²) in [6.45, 7) is 6.18. The summed E-state index contributed by atoms with van der Waals surface area (Å²) in [4.78, 5) is 33.2. The van der Waals surface area contributed by atoms with E-state index in [0.29, 0.717) is 34.4 Å². The van der Waals surface area contributed by atoms with Gasteiger partial charge in [0, 0.05) is 10.4 Å². The number of amides is 1. The van der Waals surface area contributed by atoms with Crippen molar-refractivity contribution in [3.8, 4) is 11.5 Å². The molecule has 0 spiro atoms. The predicted octanol–water partition coefficient (Wildman–Crippen LogP) is 4.79. The van der Waals surface area contributed by atoms with Crippen molar-refractivity contribution in [1.29, 1.82) is 0 Å². The first-order chi connectivity index (χ1) is 15.8. The summed E-state index contributed by atoms with van der Waals surface area (Å²) >= 11 is 1.34. The quantitative estimate of drug-likeness (QED) is 0.320. The largest absolute Gasteiger partial charge is 0.507 e. The van der Waals surface area contributed by atoms with Crippen LogP contribution in [0, 0.1) is 13.8 Å². The molecular weight excluding hydrogens is 440 g/mol. The van der Waals surface area contributed by atoms with E-state index >= 15 is 0 Å². The van der Waals surface area contributed by atoms with E-state index in [1.807, 2.05) is 20.8 Å². The monoisotopic (exact) mass is 464 g/mol. The molecule has 4 rings (SSSR count). The van der Waals surface area contributed by atoms with Gasteiger partial charge in [-0.25, -0.2) is 4.98 Å². The molecule has 2 heterocycles. The van der Waals surface area contributed by atoms with Gasteiger partial charge in [0.1, 0.15) is 17.3 Å². The standard InChI is InChI=1S/C25H24N2O5S/c1-5-32-19-12-6-16(7-13-19)21-20(22(28)17-8-10-18(31-4)11-9-17)23(29)24(30)27(21)25-26-14(2)15(3)33-25/h6-13,21,28H,5H2,1-4H3/b22-20+. The van der Waals surface area contributed by atoms with Crippen molar-refractivity contribution in [2.45, 2.75) is 26.8 Å². The summed E-state index contributed by atoms with van der Waals surface area (Å²) in [5, 5.41) is 11.6. The molecule has 7 nitrogen and oxygen atoms in total. The summed E-state index contributed by atoms with van der Waals surface area (Å²) in [6, 6.07) is 13.0. The minimum absolute atomic E-state index is 0.0137. The van der Waals surface area contributed by atoms with Crippen LogP contribution in [-0.2, 0) is 9.59 Å². The van der Waals surface area contributed by atoms with Crippen molar-refractivity contribution < 1.29 is 24.2 Å². The Hall–Kier alpha value is -3.65. The SMILES string of the molecule is CCOc1ccc(C2/C(=C(\O)c3ccc(OC)cc3)C(=O)C(=O)N2c2nc(C)c(C)s2)cc1. The Kier molecular flexibility index (Phi) is 6.20. The number of aryl methyl sites for hydroxylation is 2. The number of carbonyl (C=O) groups is 2. The first-order valence-electron chi connectivity index (χ1n) is 10.5. The molecule has 2 aromatic carbocycles. The fraction of sp³-hybridized carbons (Fsp3) is 0.240. The zero-order valence-electron chi connectivity index (χ0n) is 18.8. The van der Waals surface area contributed by atoms with Gasteiger partial charge >= 0.3 is 5.91 Å². The molecule has 1 unspecified atom stereocenters. The van der Waals surface area contributed by atoms with E-state index in [1.165, 1.54) is 16.2 Å². The number of carbonyl (C=O) groups excluding carboxylic acids is 2. The molecule has 1 atom stereocenters. The second kappa shape index (κ2) is 9.07. The van der Waals surface area contributed by atoms with Crippen LogP contribution >= 0.6 is 11.3 Å². The number of thiazole rings is 1. The van der Waals surface area contributed by atoms with E-state index in [9.17, 15) is 14.7 Å². The Morgan fingerprint density at radius 3 is 2.24 bits per heavy atom. The molecule has 1 aliphatic heterocycles. The van der Waals surface area contributed by atoms with E-state index < -0.39 is 17.7 Å². The van der Waals surface area contributed by atoms with Gasteiger partial charge in [0.2, 0.25) is 0 Å². The molecule has 0 aliphatic carbocycles. The van der Waals surface area contributed by atoms with Crippen LogP contribution in [0.5, 0.6) is 11.5 Å². The van der Waals surface area contributed by atoms with E-state index in [2.05, 4.69) is 4.98 Å². The minimum Gasteiger partial charge on any atom is -0.507 e. The second-order valence-electron chi connectivity index (χ2n) is 7.54. The van der Waals surface area contributed by atoms with Gasteiger partial charge in [0.05, 0.1) is 31.0 Å². The van der Waals surface area contributed by atoms with Crippen LogP contribution in [-0.4, -0.2) is 35.5 Å². The summed E-state index contributed by atoms with van der Waals surface area (Å²) in [7, 11) is 1.55. The molecule has 170 valence electrons. The number of ether oxygens (including phenoxy) is 2. The fourth-order valence-corrected chi connectivity index (χ4v) is 4.66. The van der Waals surface area contributed by atoms with Crippen molar-refractivity contribution in [3.05, 3.63) is 75.8 Å². The number of benzene rings is 2. The van der Waals surface area contributed by atoms with Crippen molar-refractivity contribution >= 4 is 33.9 Å². The van der Waals surface area contributed by atoms with Crippen molar-refractivity contribution in [1.82, 2.24) is 4.98 Å². The molecule has 1 amide bonds. The molecule has 33 heavy (non-hydrogen) atoms. The number of rotatable bonds is 6. The van der Waals surface area contributed by atoms with E-state index in [-0.39, 0.29) is 11.3 Å².